The number of rotatable bonds is 21. The maximum absolute atomic E-state index is 12.4. The van der Waals surface area contributed by atoms with Crippen LogP contribution in [0.1, 0.15) is 67.6 Å². The van der Waals surface area contributed by atoms with Crippen LogP contribution in [-0.2, 0) is 23.7 Å². The molecule has 37 heavy (non-hydrogen) atoms. The minimum Gasteiger partial charge on any atom is -0.379 e. The Morgan fingerprint density at radius 1 is 0.784 bits per heavy atom. The summed E-state index contributed by atoms with van der Waals surface area (Å²) >= 11 is 0. The quantitative estimate of drug-likeness (QED) is 0.251. The standard InChI is InChI=1S/C28H45N3O6/c1-5-11-33-13-15-35-17-19-37-20-18-36-16-14-34-12-10-29-28(32)26-8-6-25(7-9-26)24(4)31-22-27(21-30-31)23(2)3/h6-9,21-24H,5,10-20H2,1-4H3,(H,29,32). The van der Waals surface area contributed by atoms with Crippen LogP contribution in [0.15, 0.2) is 36.7 Å². The molecule has 1 atom stereocenters. The van der Waals surface area contributed by atoms with Gasteiger partial charge in [0.25, 0.3) is 5.91 Å². The lowest BCUT2D eigenvalue weighted by Gasteiger charge is -2.13. The number of hydrogen-bond donors (Lipinski definition) is 1. The molecule has 0 aliphatic carbocycles. The second-order valence-corrected chi connectivity index (χ2v) is 9.02. The summed E-state index contributed by atoms with van der Waals surface area (Å²) in [5, 5.41) is 7.36. The molecule has 0 fully saturated rings. The van der Waals surface area contributed by atoms with E-state index in [4.69, 9.17) is 23.7 Å². The van der Waals surface area contributed by atoms with Gasteiger partial charge < -0.3 is 29.0 Å². The van der Waals surface area contributed by atoms with Gasteiger partial charge in [0.15, 0.2) is 0 Å². The van der Waals surface area contributed by atoms with Crippen LogP contribution in [0.2, 0.25) is 0 Å². The Kier molecular flexibility index (Phi) is 15.8. The molecule has 0 aliphatic heterocycles. The number of ether oxygens (including phenoxy) is 5. The number of benzene rings is 1. The van der Waals surface area contributed by atoms with E-state index in [1.165, 1.54) is 5.56 Å². The lowest BCUT2D eigenvalue weighted by atomic mass is 10.1. The highest BCUT2D eigenvalue weighted by Crippen LogP contribution is 2.20. The Labute approximate surface area is 221 Å². The SMILES string of the molecule is CCCOCCOCCOCCOCCOCCNC(=O)c1ccc(C(C)n2cc(C(C)C)cn2)cc1. The van der Waals surface area contributed by atoms with Crippen LogP contribution in [0.25, 0.3) is 0 Å². The van der Waals surface area contributed by atoms with Gasteiger partial charge in [-0.05, 0) is 42.5 Å². The molecule has 0 saturated carbocycles. The van der Waals surface area contributed by atoms with E-state index in [0.29, 0.717) is 77.5 Å². The van der Waals surface area contributed by atoms with Crippen molar-refractivity contribution in [3.05, 3.63) is 53.3 Å². The number of carbonyl (C=O) groups excluding carboxylic acids is 1. The molecule has 1 N–H and O–H groups in total. The van der Waals surface area contributed by atoms with Gasteiger partial charge in [0.05, 0.1) is 71.7 Å². The van der Waals surface area contributed by atoms with Gasteiger partial charge in [-0.15, -0.1) is 0 Å². The fraction of sp³-hybridized carbons (Fsp3) is 0.643. The average molecular weight is 520 g/mol. The van der Waals surface area contributed by atoms with E-state index in [2.05, 4.69) is 44.3 Å². The molecule has 1 amide bonds. The molecule has 0 radical (unpaired) electrons. The molecule has 9 heteroatoms. The Morgan fingerprint density at radius 2 is 1.30 bits per heavy atom. The van der Waals surface area contributed by atoms with Crippen LogP contribution in [0.3, 0.4) is 0 Å². The largest absolute Gasteiger partial charge is 0.379 e. The second-order valence-electron chi connectivity index (χ2n) is 9.02. The molecule has 0 bridgehead atoms. The topological polar surface area (TPSA) is 93.1 Å². The Hall–Kier alpha value is -2.30. The number of hydrogen-bond acceptors (Lipinski definition) is 7. The fourth-order valence-electron chi connectivity index (χ4n) is 3.39. The predicted molar refractivity (Wildman–Crippen MR) is 143 cm³/mol. The summed E-state index contributed by atoms with van der Waals surface area (Å²) < 4.78 is 29.1. The first-order valence-corrected chi connectivity index (χ1v) is 13.3. The Balaban J connectivity index is 1.46. The van der Waals surface area contributed by atoms with Crippen LogP contribution < -0.4 is 5.32 Å². The number of carbonyl (C=O) groups is 1. The van der Waals surface area contributed by atoms with E-state index < -0.39 is 0 Å². The van der Waals surface area contributed by atoms with Crippen molar-refractivity contribution >= 4 is 5.91 Å². The molecule has 1 aromatic carbocycles. The molecule has 1 aromatic heterocycles. The Morgan fingerprint density at radius 3 is 1.78 bits per heavy atom. The van der Waals surface area contributed by atoms with Gasteiger partial charge in [0, 0.05) is 24.9 Å². The van der Waals surface area contributed by atoms with Gasteiger partial charge in [-0.1, -0.05) is 32.9 Å². The number of nitrogens with zero attached hydrogens (tertiary/aromatic N) is 2. The summed E-state index contributed by atoms with van der Waals surface area (Å²) in [6.07, 6.45) is 5.02. The first kappa shape index (κ1) is 30.9. The van der Waals surface area contributed by atoms with Crippen molar-refractivity contribution in [2.45, 2.75) is 46.1 Å². The predicted octanol–water partition coefficient (Wildman–Crippen LogP) is 3.84. The maximum Gasteiger partial charge on any atom is 0.251 e. The summed E-state index contributed by atoms with van der Waals surface area (Å²) in [5.74, 6) is 0.329. The zero-order valence-electron chi connectivity index (χ0n) is 22.9. The van der Waals surface area contributed by atoms with Crippen molar-refractivity contribution in [1.82, 2.24) is 15.1 Å². The van der Waals surface area contributed by atoms with Crippen molar-refractivity contribution in [2.24, 2.45) is 0 Å². The number of amides is 1. The highest BCUT2D eigenvalue weighted by atomic mass is 16.6. The minimum atomic E-state index is -0.116. The summed E-state index contributed by atoms with van der Waals surface area (Å²) in [6.45, 7) is 14.4. The van der Waals surface area contributed by atoms with Crippen molar-refractivity contribution in [3.8, 4) is 0 Å². The second kappa shape index (κ2) is 18.9. The van der Waals surface area contributed by atoms with Gasteiger partial charge in [-0.25, -0.2) is 0 Å². The molecule has 9 nitrogen and oxygen atoms in total. The highest BCUT2D eigenvalue weighted by Gasteiger charge is 2.12. The average Bonchev–Trinajstić information content (AvgIpc) is 3.41. The van der Waals surface area contributed by atoms with Gasteiger partial charge in [0.1, 0.15) is 0 Å². The molecule has 0 saturated heterocycles. The van der Waals surface area contributed by atoms with E-state index in [1.54, 1.807) is 0 Å². The zero-order chi connectivity index (χ0) is 26.7. The summed E-state index contributed by atoms with van der Waals surface area (Å²) in [6, 6.07) is 7.74. The van der Waals surface area contributed by atoms with Crippen molar-refractivity contribution < 1.29 is 28.5 Å². The third-order valence-corrected chi connectivity index (χ3v) is 5.71. The lowest BCUT2D eigenvalue weighted by Crippen LogP contribution is -2.27. The summed E-state index contributed by atoms with van der Waals surface area (Å²) in [7, 11) is 0. The van der Waals surface area contributed by atoms with Gasteiger partial charge in [-0.2, -0.15) is 5.10 Å². The van der Waals surface area contributed by atoms with Crippen LogP contribution >= 0.6 is 0 Å². The highest BCUT2D eigenvalue weighted by molar-refractivity contribution is 5.94. The third-order valence-electron chi connectivity index (χ3n) is 5.71. The first-order chi connectivity index (χ1) is 18.0. The maximum atomic E-state index is 12.4. The molecule has 1 unspecified atom stereocenters. The van der Waals surface area contributed by atoms with Crippen LogP contribution in [0.4, 0.5) is 0 Å². The van der Waals surface area contributed by atoms with Crippen LogP contribution in [0, 0.1) is 0 Å². The molecular weight excluding hydrogens is 474 g/mol. The van der Waals surface area contributed by atoms with E-state index >= 15 is 0 Å². The molecule has 0 aliphatic rings. The van der Waals surface area contributed by atoms with E-state index in [-0.39, 0.29) is 11.9 Å². The van der Waals surface area contributed by atoms with E-state index in [0.717, 1.165) is 18.6 Å². The van der Waals surface area contributed by atoms with Gasteiger partial charge in [-0.3, -0.25) is 9.48 Å². The zero-order valence-corrected chi connectivity index (χ0v) is 22.9. The van der Waals surface area contributed by atoms with E-state index in [9.17, 15) is 4.79 Å². The smallest absolute Gasteiger partial charge is 0.251 e. The summed E-state index contributed by atoms with van der Waals surface area (Å²) in [4.78, 5) is 12.4. The van der Waals surface area contributed by atoms with Crippen LogP contribution in [0.5, 0.6) is 0 Å². The number of aromatic nitrogens is 2. The normalized spacial score (nSPS) is 12.2. The van der Waals surface area contributed by atoms with Crippen LogP contribution in [-0.4, -0.2) is 88.3 Å². The van der Waals surface area contributed by atoms with Crippen molar-refractivity contribution in [2.75, 3.05) is 72.6 Å². The van der Waals surface area contributed by atoms with Crippen molar-refractivity contribution in [3.63, 3.8) is 0 Å². The fourth-order valence-corrected chi connectivity index (χ4v) is 3.39. The van der Waals surface area contributed by atoms with Gasteiger partial charge in [0.2, 0.25) is 0 Å². The first-order valence-electron chi connectivity index (χ1n) is 13.3. The lowest BCUT2D eigenvalue weighted by molar-refractivity contribution is -0.0107. The molecule has 2 rings (SSSR count). The summed E-state index contributed by atoms with van der Waals surface area (Å²) in [5.41, 5.74) is 2.94. The monoisotopic (exact) mass is 519 g/mol. The van der Waals surface area contributed by atoms with Crippen molar-refractivity contribution in [1.29, 1.82) is 0 Å². The van der Waals surface area contributed by atoms with Gasteiger partial charge >= 0.3 is 0 Å². The third kappa shape index (κ3) is 12.7. The molecule has 1 heterocycles. The molecule has 0 spiro atoms. The number of nitrogens with one attached hydrogen (secondary N) is 1. The molecule has 2 aromatic rings. The van der Waals surface area contributed by atoms with E-state index in [1.807, 2.05) is 35.1 Å². The minimum absolute atomic E-state index is 0.0986. The molecule has 208 valence electrons. The molecular formula is C28H45N3O6. The Bertz CT molecular complexity index is 856.